The summed E-state index contributed by atoms with van der Waals surface area (Å²) in [6.07, 6.45) is 1.01. The van der Waals surface area contributed by atoms with E-state index in [2.05, 4.69) is 5.32 Å². The van der Waals surface area contributed by atoms with Crippen LogP contribution in [0.1, 0.15) is 20.7 Å². The largest absolute Gasteiger partial charge is 0.380 e. The number of nitrogens with one attached hydrogen (secondary N) is 1. The minimum Gasteiger partial charge on any atom is -0.380 e. The van der Waals surface area contributed by atoms with Crippen molar-refractivity contribution in [2.75, 3.05) is 18.6 Å². The van der Waals surface area contributed by atoms with Crippen LogP contribution >= 0.6 is 11.6 Å². The van der Waals surface area contributed by atoms with Gasteiger partial charge in [0.05, 0.1) is 10.7 Å². The van der Waals surface area contributed by atoms with Gasteiger partial charge in [-0.15, -0.1) is 0 Å². The Balaban J connectivity index is 2.44. The second kappa shape index (κ2) is 6.09. The Morgan fingerprint density at radius 3 is 2.48 bits per heavy atom. The van der Waals surface area contributed by atoms with Crippen molar-refractivity contribution in [1.29, 1.82) is 0 Å². The van der Waals surface area contributed by atoms with E-state index in [0.717, 1.165) is 12.3 Å². The van der Waals surface area contributed by atoms with Crippen molar-refractivity contribution in [2.45, 2.75) is 0 Å². The number of ketones is 2. The maximum atomic E-state index is 12.4. The molecule has 8 nitrogen and oxygen atoms in total. The summed E-state index contributed by atoms with van der Waals surface area (Å²) in [6.45, 7) is -0.153. The first-order valence-corrected chi connectivity index (χ1v) is 8.75. The molecular formula is C13H11ClN2O6S. The average molecular weight is 359 g/mol. The molecule has 0 heterocycles. The number of nitro benzene ring substituents is 1. The van der Waals surface area contributed by atoms with Gasteiger partial charge in [0.1, 0.15) is 26.1 Å². The molecule has 0 fully saturated rings. The highest BCUT2D eigenvalue weighted by Gasteiger charge is 2.36. The SMILES string of the molecule is CS(=O)(=O)CCNC1=C(Cl)C(=O)c2cccc([N+](=O)[O-])c2C1=O. The first kappa shape index (κ1) is 17.1. The first-order chi connectivity index (χ1) is 10.6. The van der Waals surface area contributed by atoms with Crippen molar-refractivity contribution in [2.24, 2.45) is 0 Å². The molecule has 0 radical (unpaired) electrons. The summed E-state index contributed by atoms with van der Waals surface area (Å²) >= 11 is 5.87. The zero-order chi connectivity index (χ0) is 17.4. The highest BCUT2D eigenvalue weighted by molar-refractivity contribution is 7.90. The predicted molar refractivity (Wildman–Crippen MR) is 82.3 cm³/mol. The molecule has 23 heavy (non-hydrogen) atoms. The van der Waals surface area contributed by atoms with E-state index in [1.165, 1.54) is 12.1 Å². The number of allylic oxidation sites excluding steroid dienone is 2. The Morgan fingerprint density at radius 2 is 1.91 bits per heavy atom. The van der Waals surface area contributed by atoms with Crippen molar-refractivity contribution < 1.29 is 22.9 Å². The molecule has 0 spiro atoms. The molecule has 122 valence electrons. The molecule has 10 heteroatoms. The number of Topliss-reactive ketones (excluding diaryl/α,β-unsaturated/α-hetero) is 2. The Bertz CT molecular complexity index is 859. The molecule has 1 N–H and O–H groups in total. The van der Waals surface area contributed by atoms with Crippen molar-refractivity contribution in [1.82, 2.24) is 5.32 Å². The summed E-state index contributed by atoms with van der Waals surface area (Å²) in [7, 11) is -3.29. The maximum absolute atomic E-state index is 12.4. The lowest BCUT2D eigenvalue weighted by atomic mass is 9.91. The third kappa shape index (κ3) is 3.40. The Kier molecular flexibility index (Phi) is 4.53. The molecule has 0 unspecified atom stereocenters. The van der Waals surface area contributed by atoms with Gasteiger partial charge < -0.3 is 5.32 Å². The molecule has 1 aromatic rings. The van der Waals surface area contributed by atoms with Crippen LogP contribution in [0, 0.1) is 10.1 Å². The first-order valence-electron chi connectivity index (χ1n) is 6.31. The van der Waals surface area contributed by atoms with Crippen LogP contribution < -0.4 is 5.32 Å². The Hall–Kier alpha value is -2.26. The lowest BCUT2D eigenvalue weighted by molar-refractivity contribution is -0.385. The summed E-state index contributed by atoms with van der Waals surface area (Å²) in [5, 5.41) is 13.1. The number of fused-ring (bicyclic) bond motifs is 1. The number of hydrogen-bond donors (Lipinski definition) is 1. The lowest BCUT2D eigenvalue weighted by Gasteiger charge is -2.18. The van der Waals surface area contributed by atoms with Gasteiger partial charge in [-0.2, -0.15) is 0 Å². The molecule has 0 aromatic heterocycles. The summed E-state index contributed by atoms with van der Waals surface area (Å²) in [5.41, 5.74) is -1.34. The number of carbonyl (C=O) groups excluding carboxylic acids is 2. The molecule has 0 saturated heterocycles. The number of halogens is 1. The Labute approximate surface area is 136 Å². The smallest absolute Gasteiger partial charge is 0.281 e. The third-order valence-electron chi connectivity index (χ3n) is 3.13. The molecule has 1 aliphatic carbocycles. The van der Waals surface area contributed by atoms with Gasteiger partial charge in [0.2, 0.25) is 11.6 Å². The fraction of sp³-hybridized carbons (Fsp3) is 0.231. The third-order valence-corrected chi connectivity index (χ3v) is 4.44. The molecular weight excluding hydrogens is 348 g/mol. The lowest BCUT2D eigenvalue weighted by Crippen LogP contribution is -2.32. The van der Waals surface area contributed by atoms with Crippen molar-refractivity contribution in [3.63, 3.8) is 0 Å². The van der Waals surface area contributed by atoms with Crippen LogP contribution in [0.3, 0.4) is 0 Å². The molecule has 2 rings (SSSR count). The monoisotopic (exact) mass is 358 g/mol. The van der Waals surface area contributed by atoms with E-state index in [1.54, 1.807) is 0 Å². The molecule has 0 saturated carbocycles. The van der Waals surface area contributed by atoms with Gasteiger partial charge in [0.25, 0.3) is 5.69 Å². The quantitative estimate of drug-likeness (QED) is 0.616. The predicted octanol–water partition coefficient (Wildman–Crippen LogP) is 1.06. The Morgan fingerprint density at radius 1 is 1.26 bits per heavy atom. The molecule has 1 aliphatic rings. The molecule has 0 aliphatic heterocycles. The number of hydrogen-bond acceptors (Lipinski definition) is 7. The van der Waals surface area contributed by atoms with Crippen LogP contribution in [0.15, 0.2) is 28.9 Å². The van der Waals surface area contributed by atoms with Gasteiger partial charge in [-0.25, -0.2) is 8.42 Å². The van der Waals surface area contributed by atoms with Gasteiger partial charge in [0, 0.05) is 24.4 Å². The molecule has 0 atom stereocenters. The molecule has 0 bridgehead atoms. The number of sulfone groups is 1. The van der Waals surface area contributed by atoms with Crippen LogP contribution in [0.4, 0.5) is 5.69 Å². The van der Waals surface area contributed by atoms with Crippen molar-refractivity contribution in [3.8, 4) is 0 Å². The average Bonchev–Trinajstić information content (AvgIpc) is 2.46. The second-order valence-electron chi connectivity index (χ2n) is 4.86. The van der Waals surface area contributed by atoms with Gasteiger partial charge in [0.15, 0.2) is 0 Å². The fourth-order valence-electron chi connectivity index (χ4n) is 2.10. The molecule has 1 aromatic carbocycles. The summed E-state index contributed by atoms with van der Waals surface area (Å²) in [6, 6.07) is 3.67. The van der Waals surface area contributed by atoms with E-state index in [-0.39, 0.29) is 29.1 Å². The normalized spacial score (nSPS) is 14.7. The highest BCUT2D eigenvalue weighted by atomic mass is 35.5. The standard InChI is InChI=1S/C13H11ClN2O6S/c1-23(21,22)6-5-15-11-10(14)12(17)7-3-2-4-8(16(19)20)9(7)13(11)18/h2-4,15H,5-6H2,1H3. The van der Waals surface area contributed by atoms with E-state index in [1.807, 2.05) is 0 Å². The van der Waals surface area contributed by atoms with Crippen LogP contribution in [0.25, 0.3) is 0 Å². The number of benzene rings is 1. The number of nitro groups is 1. The number of nitrogens with zero attached hydrogens (tertiary/aromatic N) is 1. The molecule has 0 amide bonds. The maximum Gasteiger partial charge on any atom is 0.281 e. The summed E-state index contributed by atoms with van der Waals surface area (Å²) in [4.78, 5) is 34.9. The van der Waals surface area contributed by atoms with E-state index < -0.39 is 37.0 Å². The minimum absolute atomic E-state index is 0.150. The minimum atomic E-state index is -3.29. The second-order valence-corrected chi connectivity index (χ2v) is 7.50. The van der Waals surface area contributed by atoms with E-state index in [9.17, 15) is 28.1 Å². The fourth-order valence-corrected chi connectivity index (χ4v) is 2.82. The van der Waals surface area contributed by atoms with Gasteiger partial charge in [-0.05, 0) is 6.07 Å². The van der Waals surface area contributed by atoms with Crippen LogP contribution in [0.5, 0.6) is 0 Å². The number of carbonyl (C=O) groups is 2. The van der Waals surface area contributed by atoms with E-state index >= 15 is 0 Å². The highest BCUT2D eigenvalue weighted by Crippen LogP contribution is 2.32. The van der Waals surface area contributed by atoms with Gasteiger partial charge in [-0.1, -0.05) is 17.7 Å². The van der Waals surface area contributed by atoms with Crippen LogP contribution in [0.2, 0.25) is 0 Å². The van der Waals surface area contributed by atoms with Crippen LogP contribution in [-0.4, -0.2) is 43.5 Å². The number of rotatable bonds is 5. The van der Waals surface area contributed by atoms with Crippen molar-refractivity contribution in [3.05, 3.63) is 50.2 Å². The van der Waals surface area contributed by atoms with Gasteiger partial charge >= 0.3 is 0 Å². The summed E-state index contributed by atoms with van der Waals surface area (Å²) < 4.78 is 22.2. The van der Waals surface area contributed by atoms with Gasteiger partial charge in [-0.3, -0.25) is 19.7 Å². The summed E-state index contributed by atoms with van der Waals surface area (Å²) in [5.74, 6) is -1.83. The zero-order valence-corrected chi connectivity index (χ0v) is 13.4. The van der Waals surface area contributed by atoms with E-state index in [0.29, 0.717) is 0 Å². The topological polar surface area (TPSA) is 123 Å². The zero-order valence-electron chi connectivity index (χ0n) is 11.8. The van der Waals surface area contributed by atoms with Crippen molar-refractivity contribution >= 4 is 38.7 Å². The van der Waals surface area contributed by atoms with E-state index in [4.69, 9.17) is 11.6 Å². The van der Waals surface area contributed by atoms with Crippen LogP contribution in [-0.2, 0) is 9.84 Å².